The van der Waals surface area contributed by atoms with Crippen molar-refractivity contribution in [2.45, 2.75) is 32.6 Å². The molecule has 76 valence electrons. The lowest BCUT2D eigenvalue weighted by molar-refractivity contribution is 0.534. The van der Waals surface area contributed by atoms with Gasteiger partial charge in [-0.25, -0.2) is 0 Å². The van der Waals surface area contributed by atoms with Crippen LogP contribution in [0.5, 0.6) is 0 Å². The zero-order chi connectivity index (χ0) is 10.4. The molecule has 0 fully saturated rings. The SMILES string of the molecule is C=CC(CCC(C)C)c1ccccc1. The number of hydrogen-bond acceptors (Lipinski definition) is 0. The Morgan fingerprint density at radius 1 is 1.14 bits per heavy atom. The topological polar surface area (TPSA) is 0 Å². The summed E-state index contributed by atoms with van der Waals surface area (Å²) >= 11 is 0. The van der Waals surface area contributed by atoms with Crippen LogP contribution in [0.15, 0.2) is 43.0 Å². The van der Waals surface area contributed by atoms with Crippen LogP contribution in [0.25, 0.3) is 0 Å². The maximum Gasteiger partial charge on any atom is 0.00153 e. The summed E-state index contributed by atoms with van der Waals surface area (Å²) in [6.07, 6.45) is 4.55. The monoisotopic (exact) mass is 188 g/mol. The average molecular weight is 188 g/mol. The Morgan fingerprint density at radius 2 is 1.79 bits per heavy atom. The van der Waals surface area contributed by atoms with Crippen molar-refractivity contribution in [2.24, 2.45) is 5.92 Å². The van der Waals surface area contributed by atoms with Crippen LogP contribution in [-0.4, -0.2) is 0 Å². The molecule has 0 bridgehead atoms. The molecule has 0 heteroatoms. The Balaban J connectivity index is 2.59. The van der Waals surface area contributed by atoms with Crippen molar-refractivity contribution in [3.05, 3.63) is 48.6 Å². The van der Waals surface area contributed by atoms with Gasteiger partial charge in [-0.3, -0.25) is 0 Å². The van der Waals surface area contributed by atoms with Crippen molar-refractivity contribution in [1.82, 2.24) is 0 Å². The smallest absolute Gasteiger partial charge is 0.00153 e. The molecule has 0 nitrogen and oxygen atoms in total. The molecule has 14 heavy (non-hydrogen) atoms. The van der Waals surface area contributed by atoms with Crippen LogP contribution in [0.3, 0.4) is 0 Å². The quantitative estimate of drug-likeness (QED) is 0.601. The fourth-order valence-electron chi connectivity index (χ4n) is 1.63. The molecular weight excluding hydrogens is 168 g/mol. The molecule has 1 aromatic rings. The molecule has 0 saturated heterocycles. The van der Waals surface area contributed by atoms with Gasteiger partial charge in [0, 0.05) is 5.92 Å². The predicted molar refractivity (Wildman–Crippen MR) is 63.5 cm³/mol. The lowest BCUT2D eigenvalue weighted by atomic mass is 9.91. The van der Waals surface area contributed by atoms with Crippen LogP contribution in [0.1, 0.15) is 38.2 Å². The summed E-state index contributed by atoms with van der Waals surface area (Å²) in [7, 11) is 0. The normalized spacial score (nSPS) is 12.8. The van der Waals surface area contributed by atoms with Gasteiger partial charge in [0.2, 0.25) is 0 Å². The molecule has 1 atom stereocenters. The first-order valence-corrected chi connectivity index (χ1v) is 5.41. The van der Waals surface area contributed by atoms with Crippen LogP contribution in [0, 0.1) is 5.92 Å². The van der Waals surface area contributed by atoms with Crippen LogP contribution < -0.4 is 0 Å². The van der Waals surface area contributed by atoms with Crippen molar-refractivity contribution in [2.75, 3.05) is 0 Å². The molecule has 1 aromatic carbocycles. The molecule has 0 heterocycles. The Kier molecular flexibility index (Phi) is 4.45. The minimum absolute atomic E-state index is 0.526. The fourth-order valence-corrected chi connectivity index (χ4v) is 1.63. The lowest BCUT2D eigenvalue weighted by Gasteiger charge is -2.13. The van der Waals surface area contributed by atoms with Gasteiger partial charge in [-0.2, -0.15) is 0 Å². The highest BCUT2D eigenvalue weighted by Gasteiger charge is 2.07. The summed E-state index contributed by atoms with van der Waals surface area (Å²) in [4.78, 5) is 0. The summed E-state index contributed by atoms with van der Waals surface area (Å²) in [6.45, 7) is 8.45. The van der Waals surface area contributed by atoms with Gasteiger partial charge in [0.1, 0.15) is 0 Å². The van der Waals surface area contributed by atoms with E-state index in [-0.39, 0.29) is 0 Å². The Labute approximate surface area is 87.7 Å². The molecule has 0 saturated carbocycles. The maximum absolute atomic E-state index is 3.92. The van der Waals surface area contributed by atoms with Gasteiger partial charge in [0.05, 0.1) is 0 Å². The van der Waals surface area contributed by atoms with Crippen molar-refractivity contribution in [3.63, 3.8) is 0 Å². The van der Waals surface area contributed by atoms with Gasteiger partial charge < -0.3 is 0 Å². The average Bonchev–Trinajstić information content (AvgIpc) is 2.20. The summed E-state index contributed by atoms with van der Waals surface area (Å²) in [5.74, 6) is 1.31. The van der Waals surface area contributed by atoms with Crippen LogP contribution in [0.4, 0.5) is 0 Å². The number of hydrogen-bond donors (Lipinski definition) is 0. The lowest BCUT2D eigenvalue weighted by Crippen LogP contribution is -1.97. The number of benzene rings is 1. The summed E-state index contributed by atoms with van der Waals surface area (Å²) < 4.78 is 0. The van der Waals surface area contributed by atoms with Gasteiger partial charge in [-0.15, -0.1) is 6.58 Å². The van der Waals surface area contributed by atoms with Crippen LogP contribution in [0.2, 0.25) is 0 Å². The third-order valence-electron chi connectivity index (χ3n) is 2.57. The zero-order valence-corrected chi connectivity index (χ0v) is 9.24. The first-order chi connectivity index (χ1) is 6.74. The molecule has 0 aliphatic carbocycles. The fraction of sp³-hybridized carbons (Fsp3) is 0.429. The molecule has 0 spiro atoms. The molecule has 0 N–H and O–H groups in total. The van der Waals surface area contributed by atoms with E-state index in [0.29, 0.717) is 5.92 Å². The second-order valence-corrected chi connectivity index (χ2v) is 4.22. The third-order valence-corrected chi connectivity index (χ3v) is 2.57. The Bertz CT molecular complexity index is 259. The van der Waals surface area contributed by atoms with E-state index >= 15 is 0 Å². The summed E-state index contributed by atoms with van der Waals surface area (Å²) in [5, 5.41) is 0. The van der Waals surface area contributed by atoms with Crippen molar-refractivity contribution >= 4 is 0 Å². The van der Waals surface area contributed by atoms with Crippen LogP contribution >= 0.6 is 0 Å². The summed E-state index contributed by atoms with van der Waals surface area (Å²) in [6, 6.07) is 10.6. The maximum atomic E-state index is 3.92. The van der Waals surface area contributed by atoms with Crippen molar-refractivity contribution in [3.8, 4) is 0 Å². The van der Waals surface area contributed by atoms with Crippen molar-refractivity contribution in [1.29, 1.82) is 0 Å². The molecular formula is C14H20. The Hall–Kier alpha value is -1.04. The third kappa shape index (κ3) is 3.37. The van der Waals surface area contributed by atoms with E-state index in [0.717, 1.165) is 5.92 Å². The second kappa shape index (κ2) is 5.64. The van der Waals surface area contributed by atoms with Crippen LogP contribution in [-0.2, 0) is 0 Å². The molecule has 0 aliphatic rings. The van der Waals surface area contributed by atoms with E-state index in [2.05, 4.69) is 56.8 Å². The molecule has 0 radical (unpaired) electrons. The van der Waals surface area contributed by atoms with E-state index in [1.807, 2.05) is 0 Å². The van der Waals surface area contributed by atoms with E-state index < -0.39 is 0 Å². The van der Waals surface area contributed by atoms with Gasteiger partial charge in [0.25, 0.3) is 0 Å². The predicted octanol–water partition coefficient (Wildman–Crippen LogP) is 4.39. The molecule has 0 aromatic heterocycles. The van der Waals surface area contributed by atoms with E-state index in [9.17, 15) is 0 Å². The molecule has 1 unspecified atom stereocenters. The van der Waals surface area contributed by atoms with E-state index in [4.69, 9.17) is 0 Å². The second-order valence-electron chi connectivity index (χ2n) is 4.22. The minimum Gasteiger partial charge on any atom is -0.102 e. The largest absolute Gasteiger partial charge is 0.102 e. The molecule has 0 amide bonds. The van der Waals surface area contributed by atoms with Gasteiger partial charge >= 0.3 is 0 Å². The summed E-state index contributed by atoms with van der Waals surface area (Å²) in [5.41, 5.74) is 1.39. The van der Waals surface area contributed by atoms with Gasteiger partial charge in [-0.1, -0.05) is 56.7 Å². The number of allylic oxidation sites excluding steroid dienone is 1. The number of rotatable bonds is 5. The highest BCUT2D eigenvalue weighted by atomic mass is 14.1. The highest BCUT2D eigenvalue weighted by molar-refractivity contribution is 5.22. The van der Waals surface area contributed by atoms with Gasteiger partial charge in [0.15, 0.2) is 0 Å². The standard InChI is InChI=1S/C14H20/c1-4-13(11-10-12(2)3)14-8-6-5-7-9-14/h4-9,12-13H,1,10-11H2,2-3H3. The van der Waals surface area contributed by atoms with E-state index in [1.165, 1.54) is 18.4 Å². The first kappa shape index (κ1) is 11.0. The minimum atomic E-state index is 0.526. The van der Waals surface area contributed by atoms with E-state index in [1.54, 1.807) is 0 Å². The first-order valence-electron chi connectivity index (χ1n) is 5.41. The highest BCUT2D eigenvalue weighted by Crippen LogP contribution is 2.23. The zero-order valence-electron chi connectivity index (χ0n) is 9.24. The van der Waals surface area contributed by atoms with Crippen molar-refractivity contribution < 1.29 is 0 Å². The Morgan fingerprint density at radius 3 is 2.29 bits per heavy atom. The molecule has 0 aliphatic heterocycles. The van der Waals surface area contributed by atoms with Gasteiger partial charge in [-0.05, 0) is 17.9 Å². The molecule has 1 rings (SSSR count).